The summed E-state index contributed by atoms with van der Waals surface area (Å²) in [5, 5.41) is 24.8. The van der Waals surface area contributed by atoms with Crippen LogP contribution < -0.4 is 10.6 Å². The van der Waals surface area contributed by atoms with Gasteiger partial charge in [0.15, 0.2) is 5.75 Å². The number of hydrogen-bond acceptors (Lipinski definition) is 5. The van der Waals surface area contributed by atoms with Crippen molar-refractivity contribution in [3.05, 3.63) is 32.9 Å². The summed E-state index contributed by atoms with van der Waals surface area (Å²) in [6.07, 6.45) is -0.387. The summed E-state index contributed by atoms with van der Waals surface area (Å²) < 4.78 is 5.30. The molecule has 1 heterocycles. The molecule has 26 heavy (non-hydrogen) atoms. The number of rotatable bonds is 4. The second kappa shape index (κ2) is 7.63. The van der Waals surface area contributed by atoms with E-state index in [1.165, 1.54) is 6.07 Å². The Morgan fingerprint density at radius 1 is 1.19 bits per heavy atom. The summed E-state index contributed by atoms with van der Waals surface area (Å²) in [6.45, 7) is 7.00. The minimum atomic E-state index is -1.05. The van der Waals surface area contributed by atoms with Crippen molar-refractivity contribution in [2.24, 2.45) is 5.92 Å². The fourth-order valence-corrected chi connectivity index (χ4v) is 3.09. The summed E-state index contributed by atoms with van der Waals surface area (Å²) in [6, 6.07) is -0.364. The molecule has 0 spiro atoms. The number of aromatic hydroxyl groups is 2. The second-order valence-corrected chi connectivity index (χ2v) is 7.21. The van der Waals surface area contributed by atoms with Crippen LogP contribution in [-0.4, -0.2) is 28.3 Å². The van der Waals surface area contributed by atoms with Gasteiger partial charge in [0.25, 0.3) is 0 Å². The van der Waals surface area contributed by atoms with Gasteiger partial charge in [0.1, 0.15) is 10.8 Å². The zero-order valence-corrected chi connectivity index (χ0v) is 16.2. The molecular weight excluding hydrogens is 383 g/mol. The molecule has 2 amide bonds. The van der Waals surface area contributed by atoms with Crippen molar-refractivity contribution in [2.75, 3.05) is 0 Å². The van der Waals surface area contributed by atoms with Crippen molar-refractivity contribution in [1.82, 2.24) is 10.6 Å². The fourth-order valence-electron chi connectivity index (χ4n) is 2.62. The molecule has 4 N–H and O–H groups in total. The largest absolute Gasteiger partial charge is 0.506 e. The number of urea groups is 1. The van der Waals surface area contributed by atoms with E-state index in [1.54, 1.807) is 27.7 Å². The zero-order chi connectivity index (χ0) is 19.8. The van der Waals surface area contributed by atoms with Gasteiger partial charge in [-0.1, -0.05) is 37.0 Å². The molecule has 0 aromatic heterocycles. The van der Waals surface area contributed by atoms with E-state index < -0.39 is 29.5 Å². The van der Waals surface area contributed by atoms with Gasteiger partial charge in [-0.25, -0.2) is 9.59 Å². The van der Waals surface area contributed by atoms with Gasteiger partial charge in [-0.2, -0.15) is 0 Å². The van der Waals surface area contributed by atoms with Crippen molar-refractivity contribution < 1.29 is 24.5 Å². The van der Waals surface area contributed by atoms with Crippen molar-refractivity contribution in [3.63, 3.8) is 0 Å². The van der Waals surface area contributed by atoms with Crippen LogP contribution in [0.25, 0.3) is 0 Å². The standard InChI is InChI=1S/C17H20Cl2N2O5/c1-6(2)12-10(16(24)26-7(3)4)13(21-17(25)20-12)8-5-9(18)15(23)11(19)14(8)22/h5-7,13,22-23H,1-4H3,(H2,20,21,25). The van der Waals surface area contributed by atoms with E-state index in [2.05, 4.69) is 10.6 Å². The number of amides is 2. The summed E-state index contributed by atoms with van der Waals surface area (Å²) >= 11 is 11.9. The predicted octanol–water partition coefficient (Wildman–Crippen LogP) is 3.62. The smallest absolute Gasteiger partial charge is 0.338 e. The maximum atomic E-state index is 12.7. The molecule has 1 atom stereocenters. The lowest BCUT2D eigenvalue weighted by Crippen LogP contribution is -2.47. The Morgan fingerprint density at radius 3 is 2.35 bits per heavy atom. The molecule has 1 aromatic rings. The average Bonchev–Trinajstić information content (AvgIpc) is 2.54. The monoisotopic (exact) mass is 402 g/mol. The minimum absolute atomic E-state index is 0.0708. The maximum Gasteiger partial charge on any atom is 0.338 e. The Hall–Kier alpha value is -2.12. The fraction of sp³-hybridized carbons (Fsp3) is 0.412. The first-order valence-corrected chi connectivity index (χ1v) is 8.72. The van der Waals surface area contributed by atoms with Crippen LogP contribution in [0.2, 0.25) is 10.0 Å². The summed E-state index contributed by atoms with van der Waals surface area (Å²) in [5.74, 6) is -1.84. The Kier molecular flexibility index (Phi) is 5.93. The van der Waals surface area contributed by atoms with Crippen LogP contribution in [0, 0.1) is 5.92 Å². The molecule has 2 rings (SSSR count). The molecule has 0 aliphatic carbocycles. The third-order valence-corrected chi connectivity index (χ3v) is 4.40. The number of phenolic OH excluding ortho intramolecular Hbond substituents is 2. The molecule has 7 nitrogen and oxygen atoms in total. The third-order valence-electron chi connectivity index (χ3n) is 3.75. The van der Waals surface area contributed by atoms with E-state index >= 15 is 0 Å². The molecule has 1 unspecified atom stereocenters. The number of allylic oxidation sites excluding steroid dienone is 1. The number of halogens is 2. The first-order valence-electron chi connectivity index (χ1n) is 7.96. The van der Waals surface area contributed by atoms with Crippen molar-refractivity contribution in [1.29, 1.82) is 0 Å². The van der Waals surface area contributed by atoms with E-state index in [-0.39, 0.29) is 33.2 Å². The van der Waals surface area contributed by atoms with Gasteiger partial charge in [-0.15, -0.1) is 0 Å². The van der Waals surface area contributed by atoms with Crippen LogP contribution >= 0.6 is 23.2 Å². The Balaban J connectivity index is 2.70. The number of esters is 1. The molecule has 9 heteroatoms. The average molecular weight is 403 g/mol. The highest BCUT2D eigenvalue weighted by Crippen LogP contribution is 2.45. The number of benzene rings is 1. The lowest BCUT2D eigenvalue weighted by Gasteiger charge is -2.31. The summed E-state index contributed by atoms with van der Waals surface area (Å²) in [7, 11) is 0. The molecule has 1 aliphatic heterocycles. The quantitative estimate of drug-likeness (QED) is 0.575. The SMILES string of the molecule is CC(C)OC(=O)C1=C(C(C)C)NC(=O)NC1c1cc(Cl)c(O)c(Cl)c1O. The molecule has 0 saturated carbocycles. The number of phenols is 2. The van der Waals surface area contributed by atoms with Crippen molar-refractivity contribution in [3.8, 4) is 11.5 Å². The van der Waals surface area contributed by atoms with Crippen LogP contribution in [0.4, 0.5) is 4.79 Å². The molecule has 0 bridgehead atoms. The molecule has 0 fully saturated rings. The number of ether oxygens (including phenoxy) is 1. The number of hydrogen-bond donors (Lipinski definition) is 4. The van der Waals surface area contributed by atoms with Gasteiger partial charge in [0.2, 0.25) is 0 Å². The van der Waals surface area contributed by atoms with Gasteiger partial charge in [0, 0.05) is 11.3 Å². The normalized spacial score (nSPS) is 17.4. The van der Waals surface area contributed by atoms with Gasteiger partial charge < -0.3 is 25.6 Å². The Labute approximate surface area is 160 Å². The lowest BCUT2D eigenvalue weighted by atomic mass is 9.91. The predicted molar refractivity (Wildman–Crippen MR) is 97.3 cm³/mol. The highest BCUT2D eigenvalue weighted by atomic mass is 35.5. The van der Waals surface area contributed by atoms with Crippen molar-refractivity contribution in [2.45, 2.75) is 39.8 Å². The maximum absolute atomic E-state index is 12.7. The van der Waals surface area contributed by atoms with Crippen molar-refractivity contribution >= 4 is 35.2 Å². The molecule has 1 aromatic carbocycles. The van der Waals surface area contributed by atoms with Crippen LogP contribution in [-0.2, 0) is 9.53 Å². The Bertz CT molecular complexity index is 790. The third kappa shape index (κ3) is 3.83. The van der Waals surface area contributed by atoms with Crippen LogP contribution in [0.5, 0.6) is 11.5 Å². The summed E-state index contributed by atoms with van der Waals surface area (Å²) in [5.41, 5.74) is 0.562. The molecule has 0 saturated heterocycles. The molecule has 142 valence electrons. The van der Waals surface area contributed by atoms with E-state index in [1.807, 2.05) is 0 Å². The topological polar surface area (TPSA) is 108 Å². The molecule has 0 radical (unpaired) electrons. The first-order chi connectivity index (χ1) is 12.0. The first kappa shape index (κ1) is 20.2. The second-order valence-electron chi connectivity index (χ2n) is 6.43. The molecule has 1 aliphatic rings. The van der Waals surface area contributed by atoms with E-state index in [4.69, 9.17) is 27.9 Å². The van der Waals surface area contributed by atoms with Crippen LogP contribution in [0.15, 0.2) is 17.3 Å². The number of carbonyl (C=O) groups is 2. The lowest BCUT2D eigenvalue weighted by molar-refractivity contribution is -0.143. The van der Waals surface area contributed by atoms with Gasteiger partial charge in [-0.05, 0) is 25.8 Å². The Morgan fingerprint density at radius 2 is 1.81 bits per heavy atom. The minimum Gasteiger partial charge on any atom is -0.506 e. The molecular formula is C17H20Cl2N2O5. The zero-order valence-electron chi connectivity index (χ0n) is 14.7. The van der Waals surface area contributed by atoms with E-state index in [0.29, 0.717) is 5.70 Å². The van der Waals surface area contributed by atoms with E-state index in [9.17, 15) is 19.8 Å². The highest BCUT2D eigenvalue weighted by Gasteiger charge is 2.37. The van der Waals surface area contributed by atoms with E-state index in [0.717, 1.165) is 0 Å². The van der Waals surface area contributed by atoms with Gasteiger partial charge in [0.05, 0.1) is 22.7 Å². The summed E-state index contributed by atoms with van der Waals surface area (Å²) in [4.78, 5) is 24.8. The van der Waals surface area contributed by atoms with Gasteiger partial charge in [-0.3, -0.25) is 0 Å². The number of nitrogens with one attached hydrogen (secondary N) is 2. The number of carbonyl (C=O) groups excluding carboxylic acids is 2. The van der Waals surface area contributed by atoms with Gasteiger partial charge >= 0.3 is 12.0 Å². The highest BCUT2D eigenvalue weighted by molar-refractivity contribution is 6.38. The van der Waals surface area contributed by atoms with Crippen LogP contribution in [0.1, 0.15) is 39.3 Å². The van der Waals surface area contributed by atoms with Crippen LogP contribution in [0.3, 0.4) is 0 Å².